The first-order valence-corrected chi connectivity index (χ1v) is 14.9. The van der Waals surface area contributed by atoms with E-state index in [1.165, 1.54) is 0 Å². The van der Waals surface area contributed by atoms with Crippen LogP contribution in [-0.4, -0.2) is 94.4 Å². The maximum absolute atomic E-state index is 14.0. The molecule has 224 valence electrons. The van der Waals surface area contributed by atoms with Crippen molar-refractivity contribution in [2.45, 2.75) is 95.4 Å². The molecule has 0 aromatic heterocycles. The molecule has 3 heterocycles. The summed E-state index contributed by atoms with van der Waals surface area (Å²) in [6.07, 6.45) is 3.35. The molecule has 0 radical (unpaired) electrons. The number of amides is 2. The predicted molar refractivity (Wildman–Crippen MR) is 154 cm³/mol. The van der Waals surface area contributed by atoms with E-state index in [1.54, 1.807) is 0 Å². The van der Waals surface area contributed by atoms with E-state index in [0.29, 0.717) is 25.9 Å². The Morgan fingerprint density at radius 1 is 1.27 bits per heavy atom. The zero-order valence-electron chi connectivity index (χ0n) is 24.8. The second kappa shape index (κ2) is 13.1. The van der Waals surface area contributed by atoms with Crippen LogP contribution in [-0.2, 0) is 20.7 Å². The molecule has 3 aliphatic rings. The molecule has 2 amide bonds. The van der Waals surface area contributed by atoms with Crippen molar-refractivity contribution in [1.82, 2.24) is 15.1 Å². The van der Waals surface area contributed by atoms with Gasteiger partial charge in [-0.2, -0.15) is 5.26 Å². The smallest absolute Gasteiger partial charge is 0.447 e. The Labute approximate surface area is 244 Å². The van der Waals surface area contributed by atoms with E-state index in [-0.39, 0.29) is 42.5 Å². The summed E-state index contributed by atoms with van der Waals surface area (Å²) in [5.74, 6) is -2.07. The Kier molecular flexibility index (Phi) is 10.0. The molecule has 0 spiro atoms. The molecule has 2 unspecified atom stereocenters. The van der Waals surface area contributed by atoms with Gasteiger partial charge in [0, 0.05) is 24.7 Å². The van der Waals surface area contributed by atoms with Gasteiger partial charge in [0.25, 0.3) is 0 Å². The van der Waals surface area contributed by atoms with Crippen LogP contribution >= 0.6 is 0 Å². The summed E-state index contributed by atoms with van der Waals surface area (Å²) >= 11 is 0. The SMILES string of the molecule is CC(CC(C)(C)N1CCO[C@H](C)C1)C(C#N)C(=O)N1C2CCC1(COC(=O)N[C@@H](Cc1ccccc1)B(O)O)CC2. The molecule has 3 saturated heterocycles. The summed E-state index contributed by atoms with van der Waals surface area (Å²) in [5.41, 5.74) is 0.0118. The Bertz CT molecular complexity index is 1090. The minimum Gasteiger partial charge on any atom is -0.447 e. The molecule has 3 N–H and O–H groups in total. The number of alkyl carbamates (subject to hydrolysis) is 1. The van der Waals surface area contributed by atoms with Crippen LogP contribution in [0.15, 0.2) is 30.3 Å². The van der Waals surface area contributed by atoms with Crippen molar-refractivity contribution in [3.05, 3.63) is 35.9 Å². The maximum atomic E-state index is 14.0. The van der Waals surface area contributed by atoms with Crippen molar-refractivity contribution in [2.24, 2.45) is 11.8 Å². The van der Waals surface area contributed by atoms with E-state index in [0.717, 1.165) is 31.5 Å². The van der Waals surface area contributed by atoms with Crippen molar-refractivity contribution < 1.29 is 29.1 Å². The third-order valence-corrected chi connectivity index (χ3v) is 9.33. The monoisotopic (exact) mass is 568 g/mol. The van der Waals surface area contributed by atoms with Crippen LogP contribution in [0.2, 0.25) is 0 Å². The minimum absolute atomic E-state index is 0.00431. The molecule has 4 rings (SSSR count). The first-order valence-electron chi connectivity index (χ1n) is 14.9. The van der Waals surface area contributed by atoms with Crippen LogP contribution in [0.4, 0.5) is 4.79 Å². The van der Waals surface area contributed by atoms with E-state index < -0.39 is 30.6 Å². The highest BCUT2D eigenvalue weighted by Crippen LogP contribution is 2.48. The van der Waals surface area contributed by atoms with Crippen LogP contribution in [0.25, 0.3) is 0 Å². The van der Waals surface area contributed by atoms with Crippen molar-refractivity contribution in [3.8, 4) is 6.07 Å². The van der Waals surface area contributed by atoms with E-state index in [4.69, 9.17) is 9.47 Å². The number of nitrogens with one attached hydrogen (secondary N) is 1. The normalized spacial score (nSPS) is 26.6. The summed E-state index contributed by atoms with van der Waals surface area (Å²) in [4.78, 5) is 30.9. The Morgan fingerprint density at radius 2 is 1.95 bits per heavy atom. The Hall–Kier alpha value is -2.65. The first kappa shape index (κ1) is 31.3. The predicted octanol–water partition coefficient (Wildman–Crippen LogP) is 2.52. The standard InChI is InChI=1S/C30H45BN4O6/c1-21(17-29(3,4)34-14-15-40-22(2)19-34)25(18-32)27(36)35-24-10-12-30(35,13-11-24)20-41-28(37)33-26(31(38)39)16-23-8-6-5-7-9-23/h5-9,21-22,24-26,38-39H,10-17,19-20H2,1-4H3,(H,33,37)/t21?,22-,24?,25?,26+,30?/m1/s1. The number of fused-ring (bicyclic) bond motifs is 2. The number of rotatable bonds is 11. The third kappa shape index (κ3) is 7.23. The van der Waals surface area contributed by atoms with Gasteiger partial charge in [-0.1, -0.05) is 37.3 Å². The molecule has 2 bridgehead atoms. The molecule has 1 aromatic rings. The van der Waals surface area contributed by atoms with Crippen LogP contribution in [0, 0.1) is 23.2 Å². The highest BCUT2D eigenvalue weighted by atomic mass is 16.6. The molecule has 0 aliphatic carbocycles. The van der Waals surface area contributed by atoms with Gasteiger partial charge in [-0.15, -0.1) is 0 Å². The molecule has 4 atom stereocenters. The maximum Gasteiger partial charge on any atom is 0.475 e. The fourth-order valence-corrected chi connectivity index (χ4v) is 7.12. The third-order valence-electron chi connectivity index (χ3n) is 9.33. The van der Waals surface area contributed by atoms with Gasteiger partial charge in [-0.25, -0.2) is 4.79 Å². The largest absolute Gasteiger partial charge is 0.475 e. The van der Waals surface area contributed by atoms with Crippen molar-refractivity contribution >= 4 is 19.1 Å². The second-order valence-electron chi connectivity index (χ2n) is 12.8. The number of ether oxygens (including phenoxy) is 2. The highest BCUT2D eigenvalue weighted by molar-refractivity contribution is 6.43. The van der Waals surface area contributed by atoms with Gasteiger partial charge < -0.3 is 29.7 Å². The van der Waals surface area contributed by atoms with Gasteiger partial charge in [0.15, 0.2) is 0 Å². The molecule has 41 heavy (non-hydrogen) atoms. The average molecular weight is 569 g/mol. The topological polar surface area (TPSA) is 135 Å². The van der Waals surface area contributed by atoms with Gasteiger partial charge >= 0.3 is 13.2 Å². The van der Waals surface area contributed by atoms with Gasteiger partial charge in [-0.3, -0.25) is 9.69 Å². The Balaban J connectivity index is 1.38. The quantitative estimate of drug-likeness (QED) is 0.347. The number of carbonyl (C=O) groups excluding carboxylic acids is 2. The summed E-state index contributed by atoms with van der Waals surface area (Å²) in [5, 5.41) is 32.4. The number of hydrogen-bond acceptors (Lipinski definition) is 8. The molecule has 10 nitrogen and oxygen atoms in total. The number of nitriles is 1. The summed E-state index contributed by atoms with van der Waals surface area (Å²) in [6.45, 7) is 10.7. The summed E-state index contributed by atoms with van der Waals surface area (Å²) in [6, 6.07) is 11.6. The van der Waals surface area contributed by atoms with Crippen molar-refractivity contribution in [3.63, 3.8) is 0 Å². The molecule has 3 aliphatic heterocycles. The van der Waals surface area contributed by atoms with Gasteiger partial charge in [-0.05, 0) is 70.8 Å². The van der Waals surface area contributed by atoms with Gasteiger partial charge in [0.2, 0.25) is 5.91 Å². The molecule has 3 fully saturated rings. The summed E-state index contributed by atoms with van der Waals surface area (Å²) in [7, 11) is -1.76. The van der Waals surface area contributed by atoms with Gasteiger partial charge in [0.05, 0.1) is 30.3 Å². The van der Waals surface area contributed by atoms with E-state index in [9.17, 15) is 24.9 Å². The highest BCUT2D eigenvalue weighted by Gasteiger charge is 2.56. The molecule has 11 heteroatoms. The number of nitrogens with zero attached hydrogens (tertiary/aromatic N) is 3. The molecular formula is C30H45BN4O6. The molecule has 1 aromatic carbocycles. The lowest BCUT2D eigenvalue weighted by Gasteiger charge is -2.44. The lowest BCUT2D eigenvalue weighted by Crippen LogP contribution is -2.55. The number of hydrogen-bond donors (Lipinski definition) is 3. The first-order chi connectivity index (χ1) is 19.5. The second-order valence-corrected chi connectivity index (χ2v) is 12.8. The summed E-state index contributed by atoms with van der Waals surface area (Å²) < 4.78 is 11.3. The van der Waals surface area contributed by atoms with Crippen LogP contribution < -0.4 is 5.32 Å². The lowest BCUT2D eigenvalue weighted by molar-refractivity contribution is -0.141. The van der Waals surface area contributed by atoms with Crippen LogP contribution in [0.3, 0.4) is 0 Å². The number of benzene rings is 1. The van der Waals surface area contributed by atoms with Crippen LogP contribution in [0.5, 0.6) is 0 Å². The van der Waals surface area contributed by atoms with Crippen LogP contribution in [0.1, 0.15) is 65.4 Å². The number of morpholine rings is 1. The fourth-order valence-electron chi connectivity index (χ4n) is 7.12. The van der Waals surface area contributed by atoms with E-state index >= 15 is 0 Å². The van der Waals surface area contributed by atoms with Crippen molar-refractivity contribution in [2.75, 3.05) is 26.3 Å². The average Bonchev–Trinajstić information content (AvgIpc) is 3.48. The molecular weight excluding hydrogens is 523 g/mol. The van der Waals surface area contributed by atoms with E-state index in [1.807, 2.05) is 42.2 Å². The van der Waals surface area contributed by atoms with Crippen molar-refractivity contribution in [1.29, 1.82) is 5.26 Å². The molecule has 0 saturated carbocycles. The van der Waals surface area contributed by atoms with E-state index in [2.05, 4.69) is 37.1 Å². The Morgan fingerprint density at radius 3 is 2.56 bits per heavy atom. The zero-order chi connectivity index (χ0) is 29.8. The minimum atomic E-state index is -1.76. The zero-order valence-corrected chi connectivity index (χ0v) is 24.8. The lowest BCUT2D eigenvalue weighted by atomic mass is 9.76. The number of carbonyl (C=O) groups is 2. The van der Waals surface area contributed by atoms with Gasteiger partial charge in [0.1, 0.15) is 12.5 Å². The fraction of sp³-hybridized carbons (Fsp3) is 0.700.